The first-order valence-corrected chi connectivity index (χ1v) is 7.18. The van der Waals surface area contributed by atoms with E-state index in [4.69, 9.17) is 4.74 Å². The third kappa shape index (κ3) is 3.37. The number of carboxylic acid groups (broad SMARTS) is 1. The molecule has 0 unspecified atom stereocenters. The van der Waals surface area contributed by atoms with Crippen LogP contribution in [0.4, 0.5) is 0 Å². The number of hydrogen-bond donors (Lipinski definition) is 2. The highest BCUT2D eigenvalue weighted by Gasteiger charge is 2.40. The summed E-state index contributed by atoms with van der Waals surface area (Å²) in [4.78, 5) is 23.5. The number of rotatable bonds is 4. The summed E-state index contributed by atoms with van der Waals surface area (Å²) in [6.07, 6.45) is 0.836. The van der Waals surface area contributed by atoms with Crippen molar-refractivity contribution in [2.75, 3.05) is 19.8 Å². The van der Waals surface area contributed by atoms with Crippen LogP contribution in [-0.2, 0) is 9.53 Å². The van der Waals surface area contributed by atoms with E-state index < -0.39 is 11.4 Å². The van der Waals surface area contributed by atoms with Crippen molar-refractivity contribution in [2.24, 2.45) is 5.41 Å². The van der Waals surface area contributed by atoms with E-state index in [1.807, 2.05) is 6.07 Å². The van der Waals surface area contributed by atoms with Gasteiger partial charge in [-0.3, -0.25) is 9.59 Å². The maximum Gasteiger partial charge on any atom is 0.311 e. The van der Waals surface area contributed by atoms with Crippen LogP contribution in [0.15, 0.2) is 28.7 Å². The summed E-state index contributed by atoms with van der Waals surface area (Å²) in [7, 11) is 0. The molecule has 1 aliphatic rings. The Morgan fingerprint density at radius 2 is 2.05 bits per heavy atom. The summed E-state index contributed by atoms with van der Waals surface area (Å²) in [5, 5.41) is 12.1. The largest absolute Gasteiger partial charge is 0.481 e. The molecule has 1 aromatic rings. The molecule has 1 amide bonds. The van der Waals surface area contributed by atoms with Crippen LogP contribution in [0.1, 0.15) is 23.2 Å². The van der Waals surface area contributed by atoms with Gasteiger partial charge in [-0.25, -0.2) is 0 Å². The predicted octanol–water partition coefficient (Wildman–Crippen LogP) is 2.06. The Morgan fingerprint density at radius 3 is 2.65 bits per heavy atom. The number of halogens is 1. The van der Waals surface area contributed by atoms with E-state index in [1.165, 1.54) is 0 Å². The molecule has 108 valence electrons. The number of carbonyl (C=O) groups is 2. The second-order valence-electron chi connectivity index (χ2n) is 4.89. The van der Waals surface area contributed by atoms with Crippen molar-refractivity contribution in [1.82, 2.24) is 5.32 Å². The summed E-state index contributed by atoms with van der Waals surface area (Å²) in [5.74, 6) is -1.14. The van der Waals surface area contributed by atoms with Crippen molar-refractivity contribution >= 4 is 27.8 Å². The second kappa shape index (κ2) is 6.37. The Bertz CT molecular complexity index is 512. The van der Waals surface area contributed by atoms with E-state index in [2.05, 4.69) is 21.2 Å². The van der Waals surface area contributed by atoms with Crippen LogP contribution in [-0.4, -0.2) is 36.7 Å². The fraction of sp³-hybridized carbons (Fsp3) is 0.429. The third-order valence-electron chi connectivity index (χ3n) is 3.58. The highest BCUT2D eigenvalue weighted by Crippen LogP contribution is 2.30. The van der Waals surface area contributed by atoms with Crippen LogP contribution < -0.4 is 5.32 Å². The molecule has 5 nitrogen and oxygen atoms in total. The van der Waals surface area contributed by atoms with Gasteiger partial charge in [0.15, 0.2) is 0 Å². The molecule has 20 heavy (non-hydrogen) atoms. The molecule has 0 aromatic heterocycles. The first-order valence-electron chi connectivity index (χ1n) is 6.38. The van der Waals surface area contributed by atoms with E-state index in [0.29, 0.717) is 31.6 Å². The average molecular weight is 342 g/mol. The number of carboxylic acids is 1. The molecule has 1 fully saturated rings. The van der Waals surface area contributed by atoms with Gasteiger partial charge in [0.05, 0.1) is 5.41 Å². The molecule has 2 N–H and O–H groups in total. The molecule has 0 spiro atoms. The first-order chi connectivity index (χ1) is 9.53. The van der Waals surface area contributed by atoms with Crippen molar-refractivity contribution in [1.29, 1.82) is 0 Å². The molecule has 0 radical (unpaired) electrons. The van der Waals surface area contributed by atoms with Crippen molar-refractivity contribution in [3.05, 3.63) is 34.3 Å². The van der Waals surface area contributed by atoms with Crippen LogP contribution in [0.2, 0.25) is 0 Å². The van der Waals surface area contributed by atoms with E-state index in [0.717, 1.165) is 4.47 Å². The van der Waals surface area contributed by atoms with Gasteiger partial charge in [0.1, 0.15) is 0 Å². The molecule has 0 atom stereocenters. The standard InChI is InChI=1S/C14H16BrNO4/c15-11-3-1-2-10(8-11)12(17)16-9-14(13(18)19)4-6-20-7-5-14/h1-3,8H,4-7,9H2,(H,16,17)(H,18,19). The molecule has 0 bridgehead atoms. The number of hydrogen-bond acceptors (Lipinski definition) is 3. The normalized spacial score (nSPS) is 17.4. The molecule has 1 aliphatic heterocycles. The summed E-state index contributed by atoms with van der Waals surface area (Å²) >= 11 is 3.30. The zero-order valence-corrected chi connectivity index (χ0v) is 12.5. The molecule has 0 aliphatic carbocycles. The minimum absolute atomic E-state index is 0.122. The van der Waals surface area contributed by atoms with Crippen LogP contribution in [0.5, 0.6) is 0 Å². The molecule has 1 saturated heterocycles. The Morgan fingerprint density at radius 1 is 1.35 bits per heavy atom. The zero-order valence-electron chi connectivity index (χ0n) is 10.9. The number of amides is 1. The molecule has 2 rings (SSSR count). The Labute approximate surface area is 125 Å². The summed E-state index contributed by atoms with van der Waals surface area (Å²) in [5.41, 5.74) is -0.410. The van der Waals surface area contributed by atoms with Crippen molar-refractivity contribution in [3.8, 4) is 0 Å². The molecule has 0 saturated carbocycles. The smallest absolute Gasteiger partial charge is 0.311 e. The highest BCUT2D eigenvalue weighted by atomic mass is 79.9. The number of ether oxygens (including phenoxy) is 1. The number of aliphatic carboxylic acids is 1. The molecular formula is C14H16BrNO4. The first kappa shape index (κ1) is 15.0. The van der Waals surface area contributed by atoms with Gasteiger partial charge in [-0.05, 0) is 31.0 Å². The highest BCUT2D eigenvalue weighted by molar-refractivity contribution is 9.10. The minimum Gasteiger partial charge on any atom is -0.481 e. The van der Waals surface area contributed by atoms with Crippen LogP contribution in [0.3, 0.4) is 0 Å². The SMILES string of the molecule is O=C(NCC1(C(=O)O)CCOCC1)c1cccc(Br)c1. The Hall–Kier alpha value is -1.40. The molecule has 1 aromatic carbocycles. The lowest BCUT2D eigenvalue weighted by Gasteiger charge is -2.33. The monoisotopic (exact) mass is 341 g/mol. The molecular weight excluding hydrogens is 326 g/mol. The number of benzene rings is 1. The third-order valence-corrected chi connectivity index (χ3v) is 4.07. The van der Waals surface area contributed by atoms with Crippen molar-refractivity contribution in [2.45, 2.75) is 12.8 Å². The van der Waals surface area contributed by atoms with Gasteiger partial charge in [-0.1, -0.05) is 22.0 Å². The Balaban J connectivity index is 2.02. The van der Waals surface area contributed by atoms with Gasteiger partial charge < -0.3 is 15.2 Å². The maximum atomic E-state index is 12.0. The van der Waals surface area contributed by atoms with Gasteiger partial charge in [0, 0.05) is 29.8 Å². The summed E-state index contributed by atoms with van der Waals surface area (Å²) < 4.78 is 6.01. The lowest BCUT2D eigenvalue weighted by atomic mass is 9.80. The minimum atomic E-state index is -0.917. The van der Waals surface area contributed by atoms with E-state index >= 15 is 0 Å². The second-order valence-corrected chi connectivity index (χ2v) is 5.81. The van der Waals surface area contributed by atoms with E-state index in [-0.39, 0.29) is 12.5 Å². The van der Waals surface area contributed by atoms with Gasteiger partial charge in [-0.2, -0.15) is 0 Å². The van der Waals surface area contributed by atoms with E-state index in [9.17, 15) is 14.7 Å². The van der Waals surface area contributed by atoms with Crippen LogP contribution in [0.25, 0.3) is 0 Å². The van der Waals surface area contributed by atoms with Crippen molar-refractivity contribution < 1.29 is 19.4 Å². The quantitative estimate of drug-likeness (QED) is 0.878. The fourth-order valence-electron chi connectivity index (χ4n) is 2.21. The van der Waals surface area contributed by atoms with Gasteiger partial charge in [-0.15, -0.1) is 0 Å². The van der Waals surface area contributed by atoms with Crippen LogP contribution in [0, 0.1) is 5.41 Å². The van der Waals surface area contributed by atoms with Crippen LogP contribution >= 0.6 is 15.9 Å². The maximum absolute atomic E-state index is 12.0. The Kier molecular flexibility index (Phi) is 4.77. The lowest BCUT2D eigenvalue weighted by molar-refractivity contribution is -0.154. The number of nitrogens with one attached hydrogen (secondary N) is 1. The van der Waals surface area contributed by atoms with Gasteiger partial charge in [0.25, 0.3) is 5.91 Å². The number of carbonyl (C=O) groups excluding carboxylic acids is 1. The summed E-state index contributed by atoms with van der Waals surface area (Å²) in [6.45, 7) is 0.954. The van der Waals surface area contributed by atoms with Gasteiger partial charge in [0.2, 0.25) is 0 Å². The van der Waals surface area contributed by atoms with E-state index in [1.54, 1.807) is 18.2 Å². The molecule has 1 heterocycles. The topological polar surface area (TPSA) is 75.6 Å². The zero-order chi connectivity index (χ0) is 14.6. The average Bonchev–Trinajstić information content (AvgIpc) is 2.45. The fourth-order valence-corrected chi connectivity index (χ4v) is 2.61. The lowest BCUT2D eigenvalue weighted by Crippen LogP contribution is -2.46. The predicted molar refractivity (Wildman–Crippen MR) is 76.6 cm³/mol. The molecule has 6 heteroatoms. The van der Waals surface area contributed by atoms with Gasteiger partial charge >= 0.3 is 5.97 Å². The summed E-state index contributed by atoms with van der Waals surface area (Å²) in [6, 6.07) is 6.98. The van der Waals surface area contributed by atoms with Crippen molar-refractivity contribution in [3.63, 3.8) is 0 Å².